The van der Waals surface area contributed by atoms with Gasteiger partial charge >= 0.3 is 6.18 Å². The lowest BCUT2D eigenvalue weighted by Crippen LogP contribution is -2.47. The summed E-state index contributed by atoms with van der Waals surface area (Å²) < 4.78 is 38.6. The molecule has 1 heterocycles. The van der Waals surface area contributed by atoms with Crippen LogP contribution in [-0.2, 0) is 0 Å². The summed E-state index contributed by atoms with van der Waals surface area (Å²) in [6.45, 7) is 0. The summed E-state index contributed by atoms with van der Waals surface area (Å²) in [5, 5.41) is 2.47. The van der Waals surface area contributed by atoms with Crippen LogP contribution in [0.2, 0.25) is 0 Å². The zero-order chi connectivity index (χ0) is 13.9. The second-order valence-electron chi connectivity index (χ2n) is 4.73. The van der Waals surface area contributed by atoms with E-state index in [-0.39, 0.29) is 12.1 Å². The Hall–Kier alpha value is -1.59. The third kappa shape index (κ3) is 3.45. The van der Waals surface area contributed by atoms with E-state index in [1.54, 1.807) is 12.1 Å². The van der Waals surface area contributed by atoms with E-state index in [1.165, 1.54) is 12.3 Å². The molecule has 1 aromatic heterocycles. The van der Waals surface area contributed by atoms with Crippen LogP contribution in [0.3, 0.4) is 0 Å². The van der Waals surface area contributed by atoms with Crippen LogP contribution in [0.1, 0.15) is 36.2 Å². The van der Waals surface area contributed by atoms with Crippen LogP contribution in [0, 0.1) is 5.92 Å². The highest BCUT2D eigenvalue weighted by molar-refractivity contribution is 5.92. The lowest BCUT2D eigenvalue weighted by Gasteiger charge is -2.33. The number of halogens is 3. The highest BCUT2D eigenvalue weighted by Gasteiger charge is 2.46. The van der Waals surface area contributed by atoms with Crippen molar-refractivity contribution >= 4 is 5.91 Å². The van der Waals surface area contributed by atoms with E-state index in [0.29, 0.717) is 19.3 Å². The molecule has 1 N–H and O–H groups in total. The van der Waals surface area contributed by atoms with Crippen LogP contribution in [0.5, 0.6) is 0 Å². The zero-order valence-electron chi connectivity index (χ0n) is 10.3. The summed E-state index contributed by atoms with van der Waals surface area (Å²) in [6.07, 6.45) is -1.11. The van der Waals surface area contributed by atoms with Gasteiger partial charge in [0.05, 0.1) is 5.92 Å². The molecule has 1 saturated carbocycles. The molecule has 1 aliphatic rings. The van der Waals surface area contributed by atoms with Crippen LogP contribution in [0.15, 0.2) is 24.4 Å². The Morgan fingerprint density at radius 3 is 2.63 bits per heavy atom. The van der Waals surface area contributed by atoms with Gasteiger partial charge in [-0.25, -0.2) is 0 Å². The third-order valence-electron chi connectivity index (χ3n) is 3.40. The fourth-order valence-electron chi connectivity index (χ4n) is 2.43. The predicted octanol–water partition coefficient (Wildman–Crippen LogP) is 2.93. The van der Waals surface area contributed by atoms with Gasteiger partial charge in [-0.3, -0.25) is 9.78 Å². The zero-order valence-corrected chi connectivity index (χ0v) is 10.3. The molecule has 0 radical (unpaired) electrons. The quantitative estimate of drug-likeness (QED) is 0.899. The average Bonchev–Trinajstić information content (AvgIpc) is 2.39. The van der Waals surface area contributed by atoms with Gasteiger partial charge in [0.25, 0.3) is 5.91 Å². The van der Waals surface area contributed by atoms with Crippen molar-refractivity contribution in [1.29, 1.82) is 0 Å². The van der Waals surface area contributed by atoms with Crippen molar-refractivity contribution in [3.63, 3.8) is 0 Å². The van der Waals surface area contributed by atoms with Gasteiger partial charge < -0.3 is 5.32 Å². The Morgan fingerprint density at radius 2 is 2.00 bits per heavy atom. The molecule has 104 valence electrons. The van der Waals surface area contributed by atoms with Gasteiger partial charge in [0.2, 0.25) is 0 Å². The Morgan fingerprint density at radius 1 is 1.26 bits per heavy atom. The lowest BCUT2D eigenvalue weighted by molar-refractivity contribution is -0.187. The standard InChI is InChI=1S/C13H15F3N2O/c14-13(15,16)9-5-1-2-6-10(9)18-12(19)11-7-3-4-8-17-11/h3-4,7-10H,1-2,5-6H2,(H,18,19)/t9-,10+/m0/s1. The molecule has 2 atom stereocenters. The van der Waals surface area contributed by atoms with Crippen molar-refractivity contribution < 1.29 is 18.0 Å². The van der Waals surface area contributed by atoms with Crippen molar-refractivity contribution in [2.45, 2.75) is 37.9 Å². The monoisotopic (exact) mass is 272 g/mol. The summed E-state index contributed by atoms with van der Waals surface area (Å²) in [5.74, 6) is -1.99. The maximum absolute atomic E-state index is 12.9. The highest BCUT2D eigenvalue weighted by Crippen LogP contribution is 2.37. The summed E-state index contributed by atoms with van der Waals surface area (Å²) in [6, 6.07) is 3.92. The first-order valence-corrected chi connectivity index (χ1v) is 6.27. The van der Waals surface area contributed by atoms with Crippen LogP contribution in [-0.4, -0.2) is 23.1 Å². The number of rotatable bonds is 2. The molecule has 0 spiro atoms. The normalized spacial score (nSPS) is 23.9. The van der Waals surface area contributed by atoms with E-state index in [4.69, 9.17) is 0 Å². The molecular weight excluding hydrogens is 257 g/mol. The maximum atomic E-state index is 12.9. The summed E-state index contributed by atoms with van der Waals surface area (Å²) in [7, 11) is 0. The van der Waals surface area contributed by atoms with Gasteiger partial charge in [0.15, 0.2) is 0 Å². The van der Waals surface area contributed by atoms with Gasteiger partial charge in [-0.2, -0.15) is 13.2 Å². The number of hydrogen-bond donors (Lipinski definition) is 1. The molecular formula is C13H15F3N2O. The summed E-state index contributed by atoms with van der Waals surface area (Å²) >= 11 is 0. The van der Waals surface area contributed by atoms with Crippen LogP contribution >= 0.6 is 0 Å². The molecule has 2 rings (SSSR count). The van der Waals surface area contributed by atoms with Gasteiger partial charge in [-0.15, -0.1) is 0 Å². The smallest absolute Gasteiger partial charge is 0.347 e. The van der Waals surface area contributed by atoms with E-state index in [2.05, 4.69) is 10.3 Å². The van der Waals surface area contributed by atoms with Crippen molar-refractivity contribution in [2.24, 2.45) is 5.92 Å². The van der Waals surface area contributed by atoms with Gasteiger partial charge in [-0.05, 0) is 25.0 Å². The van der Waals surface area contributed by atoms with Gasteiger partial charge in [0, 0.05) is 12.2 Å². The van der Waals surface area contributed by atoms with E-state index < -0.39 is 24.0 Å². The molecule has 0 unspecified atom stereocenters. The first-order valence-electron chi connectivity index (χ1n) is 6.27. The highest BCUT2D eigenvalue weighted by atomic mass is 19.4. The molecule has 0 aliphatic heterocycles. The molecule has 1 fully saturated rings. The molecule has 1 aromatic rings. The van der Waals surface area contributed by atoms with Gasteiger partial charge in [-0.1, -0.05) is 18.9 Å². The van der Waals surface area contributed by atoms with E-state index in [0.717, 1.165) is 0 Å². The molecule has 3 nitrogen and oxygen atoms in total. The van der Waals surface area contributed by atoms with Crippen LogP contribution in [0.4, 0.5) is 13.2 Å². The second kappa shape index (κ2) is 5.59. The predicted molar refractivity (Wildman–Crippen MR) is 63.5 cm³/mol. The summed E-state index contributed by atoms with van der Waals surface area (Å²) in [4.78, 5) is 15.7. The van der Waals surface area contributed by atoms with E-state index in [1.807, 2.05) is 0 Å². The first-order chi connectivity index (χ1) is 8.98. The SMILES string of the molecule is O=C(N[C@@H]1CCCC[C@@H]1C(F)(F)F)c1ccccn1. The number of alkyl halides is 3. The van der Waals surface area contributed by atoms with Crippen molar-refractivity contribution in [2.75, 3.05) is 0 Å². The lowest BCUT2D eigenvalue weighted by atomic mass is 9.84. The van der Waals surface area contributed by atoms with Crippen molar-refractivity contribution in [1.82, 2.24) is 10.3 Å². The number of carbonyl (C=O) groups is 1. The average molecular weight is 272 g/mol. The summed E-state index contributed by atoms with van der Waals surface area (Å²) in [5.41, 5.74) is 0.147. The Kier molecular flexibility index (Phi) is 4.07. The number of carbonyl (C=O) groups excluding carboxylic acids is 1. The molecule has 19 heavy (non-hydrogen) atoms. The number of hydrogen-bond acceptors (Lipinski definition) is 2. The fraction of sp³-hybridized carbons (Fsp3) is 0.538. The second-order valence-corrected chi connectivity index (χ2v) is 4.73. The molecule has 1 amide bonds. The Balaban J connectivity index is 2.06. The largest absolute Gasteiger partial charge is 0.393 e. The minimum atomic E-state index is -4.26. The third-order valence-corrected chi connectivity index (χ3v) is 3.40. The molecule has 0 saturated heterocycles. The van der Waals surface area contributed by atoms with E-state index in [9.17, 15) is 18.0 Å². The number of pyridine rings is 1. The molecule has 0 aromatic carbocycles. The Labute approximate surface area is 109 Å². The number of aromatic nitrogens is 1. The molecule has 1 aliphatic carbocycles. The maximum Gasteiger partial charge on any atom is 0.393 e. The Bertz CT molecular complexity index is 433. The fourth-order valence-corrected chi connectivity index (χ4v) is 2.43. The molecule has 6 heteroatoms. The van der Waals surface area contributed by atoms with Crippen molar-refractivity contribution in [3.05, 3.63) is 30.1 Å². The van der Waals surface area contributed by atoms with Crippen LogP contribution in [0.25, 0.3) is 0 Å². The number of nitrogens with one attached hydrogen (secondary N) is 1. The first kappa shape index (κ1) is 13.8. The minimum absolute atomic E-state index is 0.0800. The van der Waals surface area contributed by atoms with E-state index >= 15 is 0 Å². The number of amides is 1. The van der Waals surface area contributed by atoms with Crippen molar-refractivity contribution in [3.8, 4) is 0 Å². The minimum Gasteiger partial charge on any atom is -0.347 e. The van der Waals surface area contributed by atoms with Crippen LogP contribution < -0.4 is 5.32 Å². The topological polar surface area (TPSA) is 42.0 Å². The van der Waals surface area contributed by atoms with Gasteiger partial charge in [0.1, 0.15) is 5.69 Å². The molecule has 0 bridgehead atoms. The number of nitrogens with zero attached hydrogens (tertiary/aromatic N) is 1.